The van der Waals surface area contributed by atoms with Gasteiger partial charge in [-0.05, 0) is 37.1 Å². The lowest BCUT2D eigenvalue weighted by molar-refractivity contribution is 0.0994. The van der Waals surface area contributed by atoms with Crippen molar-refractivity contribution in [3.63, 3.8) is 0 Å². The fourth-order valence-electron chi connectivity index (χ4n) is 2.97. The Morgan fingerprint density at radius 2 is 2.07 bits per heavy atom. The highest BCUT2D eigenvalue weighted by Gasteiger charge is 2.17. The van der Waals surface area contributed by atoms with Gasteiger partial charge in [-0.1, -0.05) is 6.92 Å². The summed E-state index contributed by atoms with van der Waals surface area (Å²) in [6, 6.07) is 4.31. The van der Waals surface area contributed by atoms with Crippen molar-refractivity contribution in [3.05, 3.63) is 65.5 Å². The van der Waals surface area contributed by atoms with Gasteiger partial charge in [0.25, 0.3) is 5.91 Å². The average Bonchev–Trinajstić information content (AvgIpc) is 3.24. The Balaban J connectivity index is 1.67. The zero-order valence-corrected chi connectivity index (χ0v) is 15.7. The Morgan fingerprint density at radius 3 is 2.79 bits per heavy atom. The van der Waals surface area contributed by atoms with Crippen LogP contribution in [0.1, 0.15) is 34.6 Å². The van der Waals surface area contributed by atoms with Gasteiger partial charge in [-0.3, -0.25) is 9.20 Å². The monoisotopic (exact) mass is 379 g/mol. The molecule has 7 nitrogen and oxygen atoms in total. The Labute approximate surface area is 160 Å². The number of rotatable bonds is 4. The summed E-state index contributed by atoms with van der Waals surface area (Å²) in [7, 11) is 0. The van der Waals surface area contributed by atoms with Crippen molar-refractivity contribution in [2.24, 2.45) is 0 Å². The first-order valence-corrected chi connectivity index (χ1v) is 8.83. The van der Waals surface area contributed by atoms with Gasteiger partial charge in [-0.25, -0.2) is 19.3 Å². The lowest BCUT2D eigenvalue weighted by Crippen LogP contribution is -2.12. The summed E-state index contributed by atoms with van der Waals surface area (Å²) in [4.78, 5) is 25.2. The maximum absolute atomic E-state index is 14.4. The largest absolute Gasteiger partial charge is 0.436 e. The highest BCUT2D eigenvalue weighted by Crippen LogP contribution is 2.26. The number of benzene rings is 1. The van der Waals surface area contributed by atoms with Crippen LogP contribution in [0.5, 0.6) is 0 Å². The molecule has 0 spiro atoms. The van der Waals surface area contributed by atoms with Crippen LogP contribution in [0, 0.1) is 19.7 Å². The topological polar surface area (TPSA) is 85.3 Å². The van der Waals surface area contributed by atoms with Crippen LogP contribution in [-0.4, -0.2) is 25.3 Å². The van der Waals surface area contributed by atoms with Gasteiger partial charge >= 0.3 is 0 Å². The van der Waals surface area contributed by atoms with Gasteiger partial charge in [-0.2, -0.15) is 0 Å². The molecule has 0 saturated heterocycles. The van der Waals surface area contributed by atoms with E-state index in [-0.39, 0.29) is 11.3 Å². The molecular formula is C20H18FN5O2. The molecule has 0 aliphatic rings. The SMILES string of the molecule is CCc1cnc2nc(-c3cc(NC(=O)c4oc(C)nc4C)ccc3F)cn2c1. The number of aromatic nitrogens is 4. The Hall–Kier alpha value is -3.55. The molecule has 0 atom stereocenters. The first kappa shape index (κ1) is 17.8. The van der Waals surface area contributed by atoms with Crippen LogP contribution in [0.2, 0.25) is 0 Å². The maximum atomic E-state index is 14.4. The minimum Gasteiger partial charge on any atom is -0.436 e. The van der Waals surface area contributed by atoms with E-state index < -0.39 is 11.7 Å². The number of nitrogens with one attached hydrogen (secondary N) is 1. The van der Waals surface area contributed by atoms with Crippen LogP contribution in [0.3, 0.4) is 0 Å². The van der Waals surface area contributed by atoms with Crippen LogP contribution in [0.25, 0.3) is 17.0 Å². The van der Waals surface area contributed by atoms with Gasteiger partial charge in [0.1, 0.15) is 5.82 Å². The normalized spacial score (nSPS) is 11.1. The summed E-state index contributed by atoms with van der Waals surface area (Å²) in [5.41, 5.74) is 2.67. The van der Waals surface area contributed by atoms with E-state index >= 15 is 0 Å². The van der Waals surface area contributed by atoms with Crippen molar-refractivity contribution in [1.82, 2.24) is 19.4 Å². The average molecular weight is 379 g/mol. The van der Waals surface area contributed by atoms with Crippen molar-refractivity contribution >= 4 is 17.4 Å². The molecule has 0 aliphatic carbocycles. The van der Waals surface area contributed by atoms with E-state index in [9.17, 15) is 9.18 Å². The second-order valence-electron chi connectivity index (χ2n) is 6.45. The van der Waals surface area contributed by atoms with Gasteiger partial charge in [0.05, 0.1) is 11.4 Å². The van der Waals surface area contributed by atoms with Gasteiger partial charge in [0.2, 0.25) is 11.5 Å². The van der Waals surface area contributed by atoms with E-state index in [1.807, 2.05) is 13.1 Å². The van der Waals surface area contributed by atoms with E-state index in [2.05, 4.69) is 20.3 Å². The predicted octanol–water partition coefficient (Wildman–Crippen LogP) is 3.95. The number of fused-ring (bicyclic) bond motifs is 1. The number of carbonyl (C=O) groups is 1. The molecule has 1 N–H and O–H groups in total. The molecular weight excluding hydrogens is 361 g/mol. The predicted molar refractivity (Wildman–Crippen MR) is 102 cm³/mol. The van der Waals surface area contributed by atoms with Gasteiger partial charge < -0.3 is 9.73 Å². The maximum Gasteiger partial charge on any atom is 0.293 e. The summed E-state index contributed by atoms with van der Waals surface area (Å²) in [6.07, 6.45) is 6.22. The first-order valence-electron chi connectivity index (χ1n) is 8.83. The van der Waals surface area contributed by atoms with Crippen LogP contribution >= 0.6 is 0 Å². The first-order chi connectivity index (χ1) is 13.4. The van der Waals surface area contributed by atoms with Crippen LogP contribution in [0.15, 0.2) is 41.2 Å². The number of anilines is 1. The second kappa shape index (κ2) is 6.88. The Morgan fingerprint density at radius 1 is 1.25 bits per heavy atom. The van der Waals surface area contributed by atoms with E-state index in [1.54, 1.807) is 30.6 Å². The number of amides is 1. The highest BCUT2D eigenvalue weighted by molar-refractivity contribution is 6.03. The molecule has 0 bridgehead atoms. The molecule has 0 fully saturated rings. The van der Waals surface area contributed by atoms with Crippen LogP contribution in [-0.2, 0) is 6.42 Å². The van der Waals surface area contributed by atoms with E-state index in [1.165, 1.54) is 18.2 Å². The summed E-state index contributed by atoms with van der Waals surface area (Å²) < 4.78 is 21.5. The molecule has 4 rings (SSSR count). The molecule has 28 heavy (non-hydrogen) atoms. The third kappa shape index (κ3) is 3.24. The third-order valence-corrected chi connectivity index (χ3v) is 4.38. The number of hydrogen-bond acceptors (Lipinski definition) is 5. The molecule has 0 aliphatic heterocycles. The molecule has 0 saturated carbocycles. The number of oxazole rings is 1. The molecule has 4 aromatic rings. The summed E-state index contributed by atoms with van der Waals surface area (Å²) >= 11 is 0. The molecule has 0 radical (unpaired) electrons. The quantitative estimate of drug-likeness (QED) is 0.580. The van der Waals surface area contributed by atoms with Gasteiger partial charge in [-0.15, -0.1) is 0 Å². The molecule has 0 unspecified atom stereocenters. The van der Waals surface area contributed by atoms with Crippen molar-refractivity contribution in [2.45, 2.75) is 27.2 Å². The van der Waals surface area contributed by atoms with Crippen LogP contribution < -0.4 is 5.32 Å². The second-order valence-corrected chi connectivity index (χ2v) is 6.45. The fraction of sp³-hybridized carbons (Fsp3) is 0.200. The highest BCUT2D eigenvalue weighted by atomic mass is 19.1. The lowest BCUT2D eigenvalue weighted by Gasteiger charge is -2.06. The number of aryl methyl sites for hydroxylation is 3. The Bertz CT molecular complexity index is 1190. The molecule has 3 heterocycles. The molecule has 8 heteroatoms. The van der Waals surface area contributed by atoms with Crippen LogP contribution in [0.4, 0.5) is 10.1 Å². The smallest absolute Gasteiger partial charge is 0.293 e. The number of imidazole rings is 1. The number of carbonyl (C=O) groups excluding carboxylic acids is 1. The molecule has 3 aromatic heterocycles. The number of halogens is 1. The lowest BCUT2D eigenvalue weighted by atomic mass is 10.1. The van der Waals surface area contributed by atoms with Gasteiger partial charge in [0, 0.05) is 36.8 Å². The summed E-state index contributed by atoms with van der Waals surface area (Å²) in [5.74, 6) is 0.135. The van der Waals surface area contributed by atoms with E-state index in [4.69, 9.17) is 4.42 Å². The molecule has 142 valence electrons. The van der Waals surface area contributed by atoms with Gasteiger partial charge in [0.15, 0.2) is 5.89 Å². The van der Waals surface area contributed by atoms with E-state index in [0.29, 0.717) is 28.7 Å². The standard InChI is InChI=1S/C20H18FN5O2/c1-4-13-8-22-20-25-17(10-26(20)9-13)15-7-14(5-6-16(15)21)24-19(27)18-11(2)23-12(3)28-18/h5-10H,4H2,1-3H3,(H,24,27). The zero-order valence-electron chi connectivity index (χ0n) is 15.7. The summed E-state index contributed by atoms with van der Waals surface area (Å²) in [5, 5.41) is 2.71. The van der Waals surface area contributed by atoms with Crippen molar-refractivity contribution < 1.29 is 13.6 Å². The fourth-order valence-corrected chi connectivity index (χ4v) is 2.97. The number of hydrogen-bond donors (Lipinski definition) is 1. The third-order valence-electron chi connectivity index (χ3n) is 4.38. The molecule has 1 aromatic carbocycles. The minimum absolute atomic E-state index is 0.132. The van der Waals surface area contributed by atoms with Crippen molar-refractivity contribution in [2.75, 3.05) is 5.32 Å². The Kier molecular flexibility index (Phi) is 4.38. The zero-order chi connectivity index (χ0) is 19.8. The van der Waals surface area contributed by atoms with E-state index in [0.717, 1.165) is 12.0 Å². The number of nitrogens with zero attached hydrogens (tertiary/aromatic N) is 4. The summed E-state index contributed by atoms with van der Waals surface area (Å²) in [6.45, 7) is 5.39. The molecule has 1 amide bonds. The minimum atomic E-state index is -0.445. The van der Waals surface area contributed by atoms with Crippen molar-refractivity contribution in [1.29, 1.82) is 0 Å². The van der Waals surface area contributed by atoms with Crippen molar-refractivity contribution in [3.8, 4) is 11.3 Å².